The second-order valence-electron chi connectivity index (χ2n) is 6.79. The second kappa shape index (κ2) is 9.57. The molecule has 0 aliphatic carbocycles. The molecule has 0 fully saturated rings. The van der Waals surface area contributed by atoms with Crippen LogP contribution in [-0.2, 0) is 4.79 Å². The molecule has 0 saturated carbocycles. The summed E-state index contributed by atoms with van der Waals surface area (Å²) in [6.07, 6.45) is 1.57. The van der Waals surface area contributed by atoms with Gasteiger partial charge in [0, 0.05) is 28.7 Å². The van der Waals surface area contributed by atoms with Crippen molar-refractivity contribution in [3.8, 4) is 11.4 Å². The number of nitrogens with one attached hydrogen (secondary N) is 2. The van der Waals surface area contributed by atoms with Crippen molar-refractivity contribution in [3.63, 3.8) is 0 Å². The van der Waals surface area contributed by atoms with Crippen LogP contribution >= 0.6 is 0 Å². The van der Waals surface area contributed by atoms with Gasteiger partial charge in [-0.2, -0.15) is 5.10 Å². The maximum Gasteiger partial charge on any atom is 0.273 e. The molecule has 3 rings (SSSR count). The van der Waals surface area contributed by atoms with E-state index in [2.05, 4.69) is 15.8 Å². The van der Waals surface area contributed by atoms with Gasteiger partial charge in [-0.3, -0.25) is 14.9 Å². The Morgan fingerprint density at radius 1 is 1.19 bits per heavy atom. The first-order chi connectivity index (χ1) is 14.9. The third-order valence-corrected chi connectivity index (χ3v) is 4.71. The molecule has 9 nitrogen and oxygen atoms in total. The lowest BCUT2D eigenvalue weighted by molar-refractivity contribution is -0.384. The van der Waals surface area contributed by atoms with Crippen LogP contribution in [0, 0.1) is 24.0 Å². The standard InChI is InChI=1S/C22H23N5O4/c1-15-11-17(13-24-25-22(28)14-23-18-7-5-4-6-8-18)16(2)26(15)20-10-9-19(27(29)30)12-21(20)31-3/h4-13,23H,14H2,1-3H3,(H,25,28)/b24-13-. The van der Waals surface area contributed by atoms with Crippen molar-refractivity contribution >= 4 is 23.5 Å². The highest BCUT2D eigenvalue weighted by molar-refractivity contribution is 5.85. The van der Waals surface area contributed by atoms with Crippen molar-refractivity contribution in [1.82, 2.24) is 9.99 Å². The molecular weight excluding hydrogens is 398 g/mol. The highest BCUT2D eigenvalue weighted by Crippen LogP contribution is 2.31. The first-order valence-corrected chi connectivity index (χ1v) is 9.53. The number of ether oxygens (including phenoxy) is 1. The van der Waals surface area contributed by atoms with Gasteiger partial charge in [-0.1, -0.05) is 18.2 Å². The number of nitro benzene ring substituents is 1. The Kier molecular flexibility index (Phi) is 6.66. The minimum atomic E-state index is -0.463. The van der Waals surface area contributed by atoms with Gasteiger partial charge in [0.2, 0.25) is 0 Å². The number of hydrogen-bond acceptors (Lipinski definition) is 6. The van der Waals surface area contributed by atoms with Gasteiger partial charge in [-0.25, -0.2) is 5.43 Å². The number of para-hydroxylation sites is 1. The summed E-state index contributed by atoms with van der Waals surface area (Å²) in [5, 5.41) is 18.1. The van der Waals surface area contributed by atoms with E-state index in [1.807, 2.05) is 54.8 Å². The van der Waals surface area contributed by atoms with E-state index in [4.69, 9.17) is 4.74 Å². The molecule has 0 radical (unpaired) electrons. The SMILES string of the molecule is COc1cc([N+](=O)[O-])ccc1-n1c(C)cc(/C=N\NC(=O)CNc2ccccc2)c1C. The third-order valence-electron chi connectivity index (χ3n) is 4.71. The summed E-state index contributed by atoms with van der Waals surface area (Å²) >= 11 is 0. The average molecular weight is 421 g/mol. The molecule has 0 aliphatic heterocycles. The number of anilines is 1. The molecule has 1 aromatic heterocycles. The fourth-order valence-electron chi connectivity index (χ4n) is 3.21. The molecule has 0 spiro atoms. The monoisotopic (exact) mass is 421 g/mol. The zero-order valence-corrected chi connectivity index (χ0v) is 17.5. The Hall–Kier alpha value is -4.14. The van der Waals surface area contributed by atoms with Crippen LogP contribution in [0.2, 0.25) is 0 Å². The van der Waals surface area contributed by atoms with Gasteiger partial charge < -0.3 is 14.6 Å². The van der Waals surface area contributed by atoms with Crippen molar-refractivity contribution in [2.45, 2.75) is 13.8 Å². The molecule has 31 heavy (non-hydrogen) atoms. The molecule has 3 aromatic rings. The first-order valence-electron chi connectivity index (χ1n) is 9.53. The molecule has 0 saturated heterocycles. The summed E-state index contributed by atoms with van der Waals surface area (Å²) in [5.41, 5.74) is 6.53. The van der Waals surface area contributed by atoms with Crippen molar-refractivity contribution in [3.05, 3.63) is 81.7 Å². The summed E-state index contributed by atoms with van der Waals surface area (Å²) in [7, 11) is 1.47. The lowest BCUT2D eigenvalue weighted by Gasteiger charge is -2.13. The number of amides is 1. The molecule has 2 N–H and O–H groups in total. The van der Waals surface area contributed by atoms with Gasteiger partial charge in [0.1, 0.15) is 5.75 Å². The van der Waals surface area contributed by atoms with Crippen LogP contribution in [0.25, 0.3) is 5.69 Å². The highest BCUT2D eigenvalue weighted by atomic mass is 16.6. The smallest absolute Gasteiger partial charge is 0.273 e. The van der Waals surface area contributed by atoms with Gasteiger partial charge in [-0.05, 0) is 38.1 Å². The Morgan fingerprint density at radius 3 is 2.61 bits per heavy atom. The fourth-order valence-corrected chi connectivity index (χ4v) is 3.21. The molecule has 0 bridgehead atoms. The molecule has 0 unspecified atom stereocenters. The largest absolute Gasteiger partial charge is 0.494 e. The maximum atomic E-state index is 12.0. The second-order valence-corrected chi connectivity index (χ2v) is 6.79. The van der Waals surface area contributed by atoms with E-state index in [1.165, 1.54) is 19.2 Å². The number of aromatic nitrogens is 1. The number of aryl methyl sites for hydroxylation is 1. The lowest BCUT2D eigenvalue weighted by Crippen LogP contribution is -2.25. The Balaban J connectivity index is 1.73. The summed E-state index contributed by atoms with van der Waals surface area (Å²) in [4.78, 5) is 22.6. The number of carbonyl (C=O) groups is 1. The van der Waals surface area contributed by atoms with Crippen molar-refractivity contribution in [1.29, 1.82) is 0 Å². The minimum absolute atomic E-state index is 0.0447. The number of hydrazone groups is 1. The number of carbonyl (C=O) groups excluding carboxylic acids is 1. The third kappa shape index (κ3) is 5.08. The maximum absolute atomic E-state index is 12.0. The fraction of sp³-hybridized carbons (Fsp3) is 0.182. The Morgan fingerprint density at radius 2 is 1.94 bits per heavy atom. The predicted octanol–water partition coefficient (Wildman–Crippen LogP) is 3.57. The van der Waals surface area contributed by atoms with Crippen LogP contribution in [-0.4, -0.2) is 35.3 Å². The van der Waals surface area contributed by atoms with Crippen LogP contribution in [0.4, 0.5) is 11.4 Å². The molecule has 1 amide bonds. The van der Waals surface area contributed by atoms with Crippen LogP contribution < -0.4 is 15.5 Å². The number of methoxy groups -OCH3 is 1. The van der Waals surface area contributed by atoms with E-state index in [1.54, 1.807) is 12.3 Å². The van der Waals surface area contributed by atoms with Gasteiger partial charge in [0.05, 0.1) is 36.5 Å². The topological polar surface area (TPSA) is 111 Å². The Bertz CT molecular complexity index is 1120. The summed E-state index contributed by atoms with van der Waals surface area (Å²) < 4.78 is 7.28. The molecule has 2 aromatic carbocycles. The van der Waals surface area contributed by atoms with E-state index in [9.17, 15) is 14.9 Å². The van der Waals surface area contributed by atoms with Crippen molar-refractivity contribution < 1.29 is 14.5 Å². The van der Waals surface area contributed by atoms with Gasteiger partial charge in [-0.15, -0.1) is 0 Å². The average Bonchev–Trinajstić information content (AvgIpc) is 3.05. The quantitative estimate of drug-likeness (QED) is 0.328. The van der Waals surface area contributed by atoms with Crippen LogP contribution in [0.15, 0.2) is 59.7 Å². The van der Waals surface area contributed by atoms with E-state index < -0.39 is 4.92 Å². The van der Waals surface area contributed by atoms with Gasteiger partial charge in [0.25, 0.3) is 11.6 Å². The first kappa shape index (κ1) is 21.6. The van der Waals surface area contributed by atoms with Crippen molar-refractivity contribution in [2.75, 3.05) is 19.0 Å². The summed E-state index contributed by atoms with van der Waals surface area (Å²) in [6.45, 7) is 3.90. The van der Waals surface area contributed by atoms with Crippen LogP contribution in [0.5, 0.6) is 5.75 Å². The number of rotatable bonds is 8. The Labute approximate surface area is 179 Å². The number of hydrogen-bond donors (Lipinski definition) is 2. The number of nitrogens with zero attached hydrogens (tertiary/aromatic N) is 3. The zero-order chi connectivity index (χ0) is 22.4. The van der Waals surface area contributed by atoms with Gasteiger partial charge in [0.15, 0.2) is 0 Å². The zero-order valence-electron chi connectivity index (χ0n) is 17.5. The molecule has 160 valence electrons. The van der Waals surface area contributed by atoms with Gasteiger partial charge >= 0.3 is 0 Å². The van der Waals surface area contributed by atoms with E-state index in [0.717, 1.165) is 22.6 Å². The van der Waals surface area contributed by atoms with E-state index >= 15 is 0 Å². The molecule has 9 heteroatoms. The predicted molar refractivity (Wildman–Crippen MR) is 119 cm³/mol. The molecule has 0 aliphatic rings. The number of benzene rings is 2. The highest BCUT2D eigenvalue weighted by Gasteiger charge is 2.17. The summed E-state index contributed by atoms with van der Waals surface area (Å²) in [5.74, 6) is 0.116. The van der Waals surface area contributed by atoms with Crippen LogP contribution in [0.3, 0.4) is 0 Å². The molecule has 1 heterocycles. The normalized spacial score (nSPS) is 10.8. The van der Waals surface area contributed by atoms with E-state index in [-0.39, 0.29) is 18.1 Å². The number of non-ortho nitro benzene ring substituents is 1. The molecular formula is C22H23N5O4. The lowest BCUT2D eigenvalue weighted by atomic mass is 10.2. The van der Waals surface area contributed by atoms with Crippen molar-refractivity contribution in [2.24, 2.45) is 5.10 Å². The van der Waals surface area contributed by atoms with E-state index in [0.29, 0.717) is 11.4 Å². The minimum Gasteiger partial charge on any atom is -0.494 e. The number of nitro groups is 1. The summed E-state index contributed by atoms with van der Waals surface area (Å²) in [6, 6.07) is 15.8. The molecule has 0 atom stereocenters. The van der Waals surface area contributed by atoms with Crippen LogP contribution in [0.1, 0.15) is 17.0 Å².